The summed E-state index contributed by atoms with van der Waals surface area (Å²) in [5, 5.41) is 10.8. The molecule has 1 unspecified atom stereocenters. The fourth-order valence-corrected chi connectivity index (χ4v) is 2.18. The van der Waals surface area contributed by atoms with Crippen molar-refractivity contribution in [3.63, 3.8) is 0 Å². The van der Waals surface area contributed by atoms with Gasteiger partial charge in [-0.2, -0.15) is 0 Å². The first-order chi connectivity index (χ1) is 7.70. The Morgan fingerprint density at radius 3 is 2.62 bits per heavy atom. The Morgan fingerprint density at radius 1 is 1.19 bits per heavy atom. The molecule has 0 aliphatic rings. The van der Waals surface area contributed by atoms with Gasteiger partial charge >= 0.3 is 0 Å². The molecule has 2 nitrogen and oxygen atoms in total. The lowest BCUT2D eigenvalue weighted by Gasteiger charge is -2.14. The van der Waals surface area contributed by atoms with Gasteiger partial charge in [0.15, 0.2) is 0 Å². The van der Waals surface area contributed by atoms with E-state index in [0.29, 0.717) is 10.6 Å². The summed E-state index contributed by atoms with van der Waals surface area (Å²) in [6, 6.07) is 9.01. The molecule has 2 aromatic rings. The standard InChI is InChI=1S/C12H9BrClNO/c13-10-7-15-6-5-8(10)12(16)9-3-1-2-4-11(9)14/h1-7,12,16H. The lowest BCUT2D eigenvalue weighted by atomic mass is 10.0. The fourth-order valence-electron chi connectivity index (χ4n) is 1.47. The third-order valence-electron chi connectivity index (χ3n) is 2.30. The van der Waals surface area contributed by atoms with Crippen molar-refractivity contribution < 1.29 is 5.11 Å². The quantitative estimate of drug-likeness (QED) is 0.919. The second kappa shape index (κ2) is 4.95. The molecule has 1 N–H and O–H groups in total. The van der Waals surface area contributed by atoms with E-state index in [9.17, 15) is 5.11 Å². The van der Waals surface area contributed by atoms with E-state index in [1.54, 1.807) is 30.6 Å². The van der Waals surface area contributed by atoms with Crippen LogP contribution in [0.25, 0.3) is 0 Å². The average Bonchev–Trinajstić information content (AvgIpc) is 2.29. The average molecular weight is 299 g/mol. The van der Waals surface area contributed by atoms with Gasteiger partial charge in [0.2, 0.25) is 0 Å². The highest BCUT2D eigenvalue weighted by atomic mass is 79.9. The minimum Gasteiger partial charge on any atom is -0.384 e. The molecule has 1 atom stereocenters. The maximum atomic E-state index is 10.2. The third kappa shape index (κ3) is 2.26. The van der Waals surface area contributed by atoms with E-state index in [4.69, 9.17) is 11.6 Å². The van der Waals surface area contributed by atoms with Gasteiger partial charge in [0.1, 0.15) is 6.10 Å². The second-order valence-corrected chi connectivity index (χ2v) is 4.58. The lowest BCUT2D eigenvalue weighted by molar-refractivity contribution is 0.219. The molecular formula is C12H9BrClNO. The monoisotopic (exact) mass is 297 g/mol. The summed E-state index contributed by atoms with van der Waals surface area (Å²) in [7, 11) is 0. The number of aliphatic hydroxyl groups excluding tert-OH is 1. The number of pyridine rings is 1. The van der Waals surface area contributed by atoms with Crippen molar-refractivity contribution in [3.8, 4) is 0 Å². The minimum atomic E-state index is -0.744. The van der Waals surface area contributed by atoms with E-state index in [0.717, 1.165) is 10.0 Å². The number of hydrogen-bond donors (Lipinski definition) is 1. The first kappa shape index (κ1) is 11.6. The van der Waals surface area contributed by atoms with Crippen molar-refractivity contribution in [2.24, 2.45) is 0 Å². The van der Waals surface area contributed by atoms with E-state index < -0.39 is 6.10 Å². The number of nitrogens with zero attached hydrogens (tertiary/aromatic N) is 1. The van der Waals surface area contributed by atoms with E-state index in [1.807, 2.05) is 12.1 Å². The van der Waals surface area contributed by atoms with Gasteiger partial charge in [-0.25, -0.2) is 0 Å². The molecule has 2 rings (SSSR count). The molecule has 0 amide bonds. The van der Waals surface area contributed by atoms with E-state index in [2.05, 4.69) is 20.9 Å². The predicted molar refractivity (Wildman–Crippen MR) is 67.5 cm³/mol. The van der Waals surface area contributed by atoms with Crippen LogP contribution in [0.2, 0.25) is 5.02 Å². The summed E-state index contributed by atoms with van der Waals surface area (Å²) in [4.78, 5) is 3.95. The predicted octanol–water partition coefficient (Wildman–Crippen LogP) is 3.58. The number of benzene rings is 1. The number of hydrogen-bond acceptors (Lipinski definition) is 2. The Morgan fingerprint density at radius 2 is 1.94 bits per heavy atom. The van der Waals surface area contributed by atoms with Crippen molar-refractivity contribution in [1.82, 2.24) is 4.98 Å². The Hall–Kier alpha value is -0.900. The molecule has 0 fully saturated rings. The van der Waals surface area contributed by atoms with E-state index in [-0.39, 0.29) is 0 Å². The summed E-state index contributed by atoms with van der Waals surface area (Å²) in [6.45, 7) is 0. The van der Waals surface area contributed by atoms with Crippen molar-refractivity contribution in [3.05, 3.63) is 63.3 Å². The number of rotatable bonds is 2. The third-order valence-corrected chi connectivity index (χ3v) is 3.31. The highest BCUT2D eigenvalue weighted by molar-refractivity contribution is 9.10. The zero-order valence-corrected chi connectivity index (χ0v) is 10.6. The van der Waals surface area contributed by atoms with Crippen LogP contribution in [0, 0.1) is 0 Å². The van der Waals surface area contributed by atoms with Crippen LogP contribution in [0.1, 0.15) is 17.2 Å². The molecule has 0 radical (unpaired) electrons. The smallest absolute Gasteiger partial charge is 0.107 e. The maximum Gasteiger partial charge on any atom is 0.107 e. The molecule has 0 aliphatic carbocycles. The van der Waals surface area contributed by atoms with Crippen LogP contribution in [-0.2, 0) is 0 Å². The molecule has 0 aliphatic heterocycles. The molecule has 1 aromatic heterocycles. The highest BCUT2D eigenvalue weighted by Gasteiger charge is 2.15. The van der Waals surface area contributed by atoms with Gasteiger partial charge in [0.25, 0.3) is 0 Å². The molecular weight excluding hydrogens is 289 g/mol. The summed E-state index contributed by atoms with van der Waals surface area (Å²) in [5.74, 6) is 0. The van der Waals surface area contributed by atoms with Crippen LogP contribution < -0.4 is 0 Å². The van der Waals surface area contributed by atoms with Crippen LogP contribution in [0.3, 0.4) is 0 Å². The van der Waals surface area contributed by atoms with E-state index >= 15 is 0 Å². The lowest BCUT2D eigenvalue weighted by Crippen LogP contribution is -2.01. The largest absolute Gasteiger partial charge is 0.384 e. The van der Waals surface area contributed by atoms with Crippen molar-refractivity contribution >= 4 is 27.5 Å². The summed E-state index contributed by atoms with van der Waals surface area (Å²) in [6.07, 6.45) is 2.54. The Labute approximate surface area is 107 Å². The molecule has 0 spiro atoms. The van der Waals surface area contributed by atoms with Crippen LogP contribution in [-0.4, -0.2) is 10.1 Å². The fraction of sp³-hybridized carbons (Fsp3) is 0.0833. The van der Waals surface area contributed by atoms with Crippen molar-refractivity contribution in [2.45, 2.75) is 6.10 Å². The molecule has 0 saturated carbocycles. The topological polar surface area (TPSA) is 33.1 Å². The molecule has 1 heterocycles. The first-order valence-corrected chi connectivity index (χ1v) is 5.89. The first-order valence-electron chi connectivity index (χ1n) is 4.72. The van der Waals surface area contributed by atoms with Gasteiger partial charge in [-0.05, 0) is 28.1 Å². The van der Waals surface area contributed by atoms with Gasteiger partial charge in [-0.15, -0.1) is 0 Å². The van der Waals surface area contributed by atoms with Gasteiger partial charge < -0.3 is 5.11 Å². The summed E-state index contributed by atoms with van der Waals surface area (Å²) >= 11 is 9.38. The minimum absolute atomic E-state index is 0.554. The normalized spacial score (nSPS) is 12.4. The van der Waals surface area contributed by atoms with Crippen molar-refractivity contribution in [1.29, 1.82) is 0 Å². The highest BCUT2D eigenvalue weighted by Crippen LogP contribution is 2.31. The van der Waals surface area contributed by atoms with Crippen LogP contribution in [0.5, 0.6) is 0 Å². The van der Waals surface area contributed by atoms with Crippen LogP contribution in [0.4, 0.5) is 0 Å². The van der Waals surface area contributed by atoms with Gasteiger partial charge in [0.05, 0.1) is 0 Å². The molecule has 16 heavy (non-hydrogen) atoms. The Bertz CT molecular complexity index is 458. The van der Waals surface area contributed by atoms with Gasteiger partial charge in [-0.1, -0.05) is 29.8 Å². The summed E-state index contributed by atoms with van der Waals surface area (Å²) < 4.78 is 0.766. The number of halogens is 2. The zero-order chi connectivity index (χ0) is 11.5. The maximum absolute atomic E-state index is 10.2. The van der Waals surface area contributed by atoms with Crippen molar-refractivity contribution in [2.75, 3.05) is 0 Å². The van der Waals surface area contributed by atoms with Gasteiger partial charge in [-0.3, -0.25) is 4.98 Å². The zero-order valence-electron chi connectivity index (χ0n) is 8.27. The van der Waals surface area contributed by atoms with Crippen LogP contribution in [0.15, 0.2) is 47.2 Å². The molecule has 82 valence electrons. The number of aliphatic hydroxyl groups is 1. The van der Waals surface area contributed by atoms with Gasteiger partial charge in [0, 0.05) is 33.0 Å². The Kier molecular flexibility index (Phi) is 3.59. The van der Waals surface area contributed by atoms with E-state index in [1.165, 1.54) is 0 Å². The molecule has 1 aromatic carbocycles. The SMILES string of the molecule is OC(c1ccccc1Cl)c1ccncc1Br. The molecule has 4 heteroatoms. The second-order valence-electron chi connectivity index (χ2n) is 3.32. The summed E-state index contributed by atoms with van der Waals surface area (Å²) in [5.41, 5.74) is 1.44. The number of aromatic nitrogens is 1. The molecule has 0 saturated heterocycles. The Balaban J connectivity index is 2.44. The molecule has 0 bridgehead atoms. The van der Waals surface area contributed by atoms with Crippen LogP contribution >= 0.6 is 27.5 Å².